The second-order valence-electron chi connectivity index (χ2n) is 6.63. The molecule has 1 aromatic heterocycles. The second-order valence-corrected chi connectivity index (χ2v) is 8.42. The fourth-order valence-electron chi connectivity index (χ4n) is 3.49. The minimum atomic E-state index is -4.12. The molecule has 1 aliphatic rings. The number of benzene rings is 2. The van der Waals surface area contributed by atoms with Gasteiger partial charge in [-0.25, -0.2) is 16.8 Å². The van der Waals surface area contributed by atoms with E-state index in [9.17, 15) is 27.8 Å². The first kappa shape index (κ1) is 19.2. The number of carbonyl (C=O) groups is 1. The molecule has 1 atom stereocenters. The Labute approximate surface area is 165 Å². The first-order valence-electron chi connectivity index (χ1n) is 8.62. The summed E-state index contributed by atoms with van der Waals surface area (Å²) in [5, 5.41) is 18.9. The lowest BCUT2D eigenvalue weighted by Crippen LogP contribution is -2.17. The lowest BCUT2D eigenvalue weighted by molar-refractivity contribution is -0.136. The Morgan fingerprint density at radius 2 is 2.00 bits per heavy atom. The number of aliphatic carboxylic acids is 1. The number of aromatic nitrogens is 1. The van der Waals surface area contributed by atoms with E-state index in [0.29, 0.717) is 11.3 Å². The van der Waals surface area contributed by atoms with Crippen LogP contribution in [0.5, 0.6) is 5.75 Å². The van der Waals surface area contributed by atoms with E-state index in [1.807, 2.05) is 0 Å². The summed E-state index contributed by atoms with van der Waals surface area (Å²) in [6.07, 6.45) is 1.39. The average Bonchev–Trinajstić information content (AvgIpc) is 2.92. The van der Waals surface area contributed by atoms with E-state index in [4.69, 9.17) is 4.74 Å². The van der Waals surface area contributed by atoms with Gasteiger partial charge in [0, 0.05) is 16.6 Å². The average molecular weight is 417 g/mol. The van der Waals surface area contributed by atoms with Crippen molar-refractivity contribution in [3.05, 3.63) is 65.1 Å². The fourth-order valence-corrected chi connectivity index (χ4v) is 5.11. The summed E-state index contributed by atoms with van der Waals surface area (Å²) in [5.74, 6) is -1.40. The summed E-state index contributed by atoms with van der Waals surface area (Å²) >= 11 is 0. The molecule has 2 aromatic carbocycles. The van der Waals surface area contributed by atoms with Crippen molar-refractivity contribution in [2.45, 2.75) is 24.5 Å². The minimum absolute atomic E-state index is 0.0490. The van der Waals surface area contributed by atoms with Gasteiger partial charge < -0.3 is 14.9 Å². The standard InChI is InChI=1S/C20H16FNO6S/c1-11-15(10-19(23)24)16-9-13(21)3-5-17(16)22(11)29(26,27)14-4-6-18-12(8-14)2-7-20(25)28-18/h2-9,20,25H,10H2,1H3,(H,23,24). The SMILES string of the molecule is Cc1c(CC(=O)O)c2cc(F)ccc2n1S(=O)(=O)c1ccc2c(c1)C=CC(O)O2. The molecule has 0 saturated heterocycles. The van der Waals surface area contributed by atoms with Crippen LogP contribution in [0.25, 0.3) is 17.0 Å². The van der Waals surface area contributed by atoms with Gasteiger partial charge in [0.05, 0.1) is 16.8 Å². The van der Waals surface area contributed by atoms with Crippen LogP contribution in [0.3, 0.4) is 0 Å². The summed E-state index contributed by atoms with van der Waals surface area (Å²) in [6, 6.07) is 7.76. The lowest BCUT2D eigenvalue weighted by atomic mass is 10.1. The van der Waals surface area contributed by atoms with Crippen LogP contribution < -0.4 is 4.74 Å². The van der Waals surface area contributed by atoms with Crippen LogP contribution in [-0.4, -0.2) is 34.9 Å². The molecule has 0 spiro atoms. The van der Waals surface area contributed by atoms with Gasteiger partial charge in [0.15, 0.2) is 0 Å². The molecule has 7 nitrogen and oxygen atoms in total. The van der Waals surface area contributed by atoms with E-state index >= 15 is 0 Å². The predicted molar refractivity (Wildman–Crippen MR) is 103 cm³/mol. The molecule has 9 heteroatoms. The number of aliphatic hydroxyl groups excluding tert-OH is 1. The third kappa shape index (κ3) is 3.18. The molecule has 2 N–H and O–H groups in total. The van der Waals surface area contributed by atoms with Gasteiger partial charge in [0.25, 0.3) is 10.0 Å². The van der Waals surface area contributed by atoms with E-state index in [-0.39, 0.29) is 27.1 Å². The van der Waals surface area contributed by atoms with Crippen LogP contribution in [0.15, 0.2) is 47.4 Å². The summed E-state index contributed by atoms with van der Waals surface area (Å²) in [7, 11) is -4.12. The lowest BCUT2D eigenvalue weighted by Gasteiger charge is -2.18. The van der Waals surface area contributed by atoms with Gasteiger partial charge >= 0.3 is 5.97 Å². The number of hydrogen-bond acceptors (Lipinski definition) is 5. The Morgan fingerprint density at radius 3 is 2.72 bits per heavy atom. The number of fused-ring (bicyclic) bond motifs is 2. The zero-order chi connectivity index (χ0) is 20.9. The summed E-state index contributed by atoms with van der Waals surface area (Å²) < 4.78 is 46.9. The highest BCUT2D eigenvalue weighted by molar-refractivity contribution is 7.90. The number of hydrogen-bond donors (Lipinski definition) is 2. The molecule has 29 heavy (non-hydrogen) atoms. The molecule has 2 heterocycles. The highest BCUT2D eigenvalue weighted by Gasteiger charge is 2.27. The minimum Gasteiger partial charge on any atom is -0.481 e. The number of carboxylic acid groups (broad SMARTS) is 1. The molecule has 0 fully saturated rings. The Kier molecular flexibility index (Phi) is 4.44. The first-order valence-corrected chi connectivity index (χ1v) is 10.1. The molecule has 0 bridgehead atoms. The van der Waals surface area contributed by atoms with Crippen molar-refractivity contribution in [2.75, 3.05) is 0 Å². The van der Waals surface area contributed by atoms with Gasteiger partial charge in [-0.1, -0.05) is 0 Å². The van der Waals surface area contributed by atoms with Crippen LogP contribution in [0.1, 0.15) is 16.8 Å². The third-order valence-corrected chi connectivity index (χ3v) is 6.58. The van der Waals surface area contributed by atoms with E-state index in [1.165, 1.54) is 37.3 Å². The molecule has 4 rings (SSSR count). The maximum absolute atomic E-state index is 13.8. The van der Waals surface area contributed by atoms with Crippen LogP contribution in [0, 0.1) is 12.7 Å². The van der Waals surface area contributed by atoms with Gasteiger partial charge in [-0.15, -0.1) is 0 Å². The zero-order valence-electron chi connectivity index (χ0n) is 15.2. The highest BCUT2D eigenvalue weighted by atomic mass is 32.2. The van der Waals surface area contributed by atoms with Crippen LogP contribution in [0.2, 0.25) is 0 Å². The van der Waals surface area contributed by atoms with Crippen molar-refractivity contribution in [1.82, 2.24) is 3.97 Å². The summed E-state index contributed by atoms with van der Waals surface area (Å²) in [6.45, 7) is 1.49. The quantitative estimate of drug-likeness (QED) is 0.676. The fraction of sp³-hybridized carbons (Fsp3) is 0.150. The number of nitrogens with zero attached hydrogens (tertiary/aromatic N) is 1. The van der Waals surface area contributed by atoms with E-state index in [1.54, 1.807) is 6.08 Å². The van der Waals surface area contributed by atoms with E-state index < -0.39 is 34.5 Å². The van der Waals surface area contributed by atoms with Crippen molar-refractivity contribution in [3.63, 3.8) is 0 Å². The number of carboxylic acids is 1. The molecular formula is C20H16FNO6S. The van der Waals surface area contributed by atoms with Crippen LogP contribution in [-0.2, 0) is 21.2 Å². The smallest absolute Gasteiger partial charge is 0.307 e. The Balaban J connectivity index is 1.94. The van der Waals surface area contributed by atoms with Gasteiger partial charge in [0.2, 0.25) is 6.29 Å². The van der Waals surface area contributed by atoms with Crippen molar-refractivity contribution in [1.29, 1.82) is 0 Å². The summed E-state index contributed by atoms with van der Waals surface area (Å²) in [5.41, 5.74) is 1.11. The number of ether oxygens (including phenoxy) is 1. The Bertz CT molecular complexity index is 1290. The molecular weight excluding hydrogens is 401 g/mol. The van der Waals surface area contributed by atoms with Gasteiger partial charge in [-0.2, -0.15) is 0 Å². The molecule has 3 aromatic rings. The Hall–Kier alpha value is -3.17. The number of rotatable bonds is 4. The topological polar surface area (TPSA) is 106 Å². The monoisotopic (exact) mass is 417 g/mol. The maximum Gasteiger partial charge on any atom is 0.307 e. The van der Waals surface area contributed by atoms with Crippen molar-refractivity contribution >= 4 is 33.0 Å². The molecule has 0 saturated carbocycles. The van der Waals surface area contributed by atoms with Gasteiger partial charge in [0.1, 0.15) is 11.6 Å². The molecule has 0 radical (unpaired) electrons. The zero-order valence-corrected chi connectivity index (χ0v) is 16.0. The number of halogens is 1. The van der Waals surface area contributed by atoms with Gasteiger partial charge in [-0.05, 0) is 61.0 Å². The maximum atomic E-state index is 13.8. The molecule has 0 aliphatic carbocycles. The summed E-state index contributed by atoms with van der Waals surface area (Å²) in [4.78, 5) is 11.2. The van der Waals surface area contributed by atoms with Crippen molar-refractivity contribution in [2.24, 2.45) is 0 Å². The third-order valence-electron chi connectivity index (χ3n) is 4.78. The Morgan fingerprint density at radius 1 is 1.24 bits per heavy atom. The molecule has 1 aliphatic heterocycles. The number of aliphatic hydroxyl groups is 1. The highest BCUT2D eigenvalue weighted by Crippen LogP contribution is 2.33. The molecule has 0 amide bonds. The van der Waals surface area contributed by atoms with E-state index in [0.717, 1.165) is 16.1 Å². The second kappa shape index (κ2) is 6.71. The first-order chi connectivity index (χ1) is 13.7. The molecule has 1 unspecified atom stereocenters. The largest absolute Gasteiger partial charge is 0.481 e. The van der Waals surface area contributed by atoms with Crippen molar-refractivity contribution in [3.8, 4) is 5.75 Å². The van der Waals surface area contributed by atoms with Crippen LogP contribution in [0.4, 0.5) is 4.39 Å². The predicted octanol–water partition coefficient (Wildman–Crippen LogP) is 2.68. The van der Waals surface area contributed by atoms with E-state index in [2.05, 4.69) is 0 Å². The van der Waals surface area contributed by atoms with Crippen molar-refractivity contribution < 1.29 is 32.6 Å². The van der Waals surface area contributed by atoms with Crippen LogP contribution >= 0.6 is 0 Å². The van der Waals surface area contributed by atoms with Gasteiger partial charge in [-0.3, -0.25) is 4.79 Å². The normalized spacial score (nSPS) is 15.9. The molecule has 150 valence electrons.